The van der Waals surface area contributed by atoms with Gasteiger partial charge in [-0.15, -0.1) is 13.2 Å². The largest absolute Gasteiger partial charge is 0.409 e. The molecular formula is C11H14OSi. The van der Waals surface area contributed by atoms with Crippen LogP contribution in [0.25, 0.3) is 0 Å². The molecule has 1 nitrogen and oxygen atoms in total. The van der Waals surface area contributed by atoms with Gasteiger partial charge in [0.05, 0.1) is 6.10 Å². The summed E-state index contributed by atoms with van der Waals surface area (Å²) < 4.78 is 5.63. The summed E-state index contributed by atoms with van der Waals surface area (Å²) in [6.45, 7) is 7.34. The molecule has 13 heavy (non-hydrogen) atoms. The van der Waals surface area contributed by atoms with Crippen molar-refractivity contribution in [2.75, 3.05) is 0 Å². The van der Waals surface area contributed by atoms with Gasteiger partial charge in [0, 0.05) is 0 Å². The molecule has 0 bridgehead atoms. The number of benzene rings is 1. The fourth-order valence-electron chi connectivity index (χ4n) is 0.999. The van der Waals surface area contributed by atoms with Crippen molar-refractivity contribution in [3.8, 4) is 0 Å². The third-order valence-electron chi connectivity index (χ3n) is 1.75. The van der Waals surface area contributed by atoms with Crippen LogP contribution in [0, 0.1) is 0 Å². The molecule has 0 amide bonds. The Labute approximate surface area is 81.7 Å². The van der Waals surface area contributed by atoms with Crippen LogP contribution in [0.1, 0.15) is 0 Å². The quantitative estimate of drug-likeness (QED) is 0.500. The van der Waals surface area contributed by atoms with Crippen molar-refractivity contribution in [2.24, 2.45) is 0 Å². The molecule has 0 aliphatic carbocycles. The van der Waals surface area contributed by atoms with Gasteiger partial charge in [-0.1, -0.05) is 42.5 Å². The number of rotatable bonds is 5. The molecule has 0 spiro atoms. The zero-order chi connectivity index (χ0) is 9.52. The van der Waals surface area contributed by atoms with Crippen LogP contribution < -0.4 is 5.19 Å². The standard InChI is InChI=1S/C11H14OSi/c1-3-10(4-2)12-13-11-8-6-5-7-9-11/h3-10H,1-2,13H2. The first-order valence-electron chi connectivity index (χ1n) is 4.27. The van der Waals surface area contributed by atoms with Crippen LogP contribution in [0.15, 0.2) is 55.6 Å². The Kier molecular flexibility index (Phi) is 4.22. The van der Waals surface area contributed by atoms with E-state index in [2.05, 4.69) is 25.3 Å². The Bertz CT molecular complexity index is 261. The average molecular weight is 190 g/mol. The van der Waals surface area contributed by atoms with Crippen molar-refractivity contribution in [3.05, 3.63) is 55.6 Å². The molecule has 0 atom stereocenters. The van der Waals surface area contributed by atoms with Crippen LogP contribution in [0.2, 0.25) is 0 Å². The molecule has 0 aliphatic rings. The normalized spacial score (nSPS) is 10.8. The zero-order valence-corrected chi connectivity index (χ0v) is 9.06. The Morgan fingerprint density at radius 2 is 1.77 bits per heavy atom. The molecule has 0 saturated heterocycles. The second-order valence-electron chi connectivity index (χ2n) is 2.73. The Morgan fingerprint density at radius 3 is 2.31 bits per heavy atom. The van der Waals surface area contributed by atoms with E-state index in [0.29, 0.717) is 0 Å². The highest BCUT2D eigenvalue weighted by Gasteiger charge is 1.98. The van der Waals surface area contributed by atoms with E-state index in [-0.39, 0.29) is 6.10 Å². The van der Waals surface area contributed by atoms with Gasteiger partial charge in [0.15, 0.2) is 9.76 Å². The van der Waals surface area contributed by atoms with Crippen molar-refractivity contribution < 1.29 is 4.43 Å². The minimum absolute atomic E-state index is 0.00636. The van der Waals surface area contributed by atoms with Crippen LogP contribution in [0.3, 0.4) is 0 Å². The summed E-state index contributed by atoms with van der Waals surface area (Å²) in [4.78, 5) is 0. The lowest BCUT2D eigenvalue weighted by atomic mass is 10.4. The molecule has 0 unspecified atom stereocenters. The molecule has 1 rings (SSSR count). The molecule has 0 fully saturated rings. The highest BCUT2D eigenvalue weighted by atomic mass is 28.2. The predicted octanol–water partition coefficient (Wildman–Crippen LogP) is 1.15. The third kappa shape index (κ3) is 3.40. The molecular weight excluding hydrogens is 176 g/mol. The van der Waals surface area contributed by atoms with Crippen LogP contribution in [-0.4, -0.2) is 15.9 Å². The van der Waals surface area contributed by atoms with Crippen molar-refractivity contribution in [1.82, 2.24) is 0 Å². The number of hydrogen-bond donors (Lipinski definition) is 0. The first-order chi connectivity index (χ1) is 6.36. The maximum absolute atomic E-state index is 5.63. The molecule has 0 aromatic heterocycles. The third-order valence-corrected chi connectivity index (χ3v) is 3.11. The monoisotopic (exact) mass is 190 g/mol. The first kappa shape index (κ1) is 9.96. The Balaban J connectivity index is 2.42. The minimum atomic E-state index is -0.623. The van der Waals surface area contributed by atoms with Crippen LogP contribution in [0.5, 0.6) is 0 Å². The predicted molar refractivity (Wildman–Crippen MR) is 59.9 cm³/mol. The highest BCUT2D eigenvalue weighted by Crippen LogP contribution is 1.92. The van der Waals surface area contributed by atoms with Gasteiger partial charge in [-0.25, -0.2) is 0 Å². The van der Waals surface area contributed by atoms with E-state index in [0.717, 1.165) is 0 Å². The smallest absolute Gasteiger partial charge is 0.193 e. The van der Waals surface area contributed by atoms with E-state index in [1.807, 2.05) is 18.2 Å². The molecule has 0 radical (unpaired) electrons. The summed E-state index contributed by atoms with van der Waals surface area (Å²) in [5.41, 5.74) is 0. The summed E-state index contributed by atoms with van der Waals surface area (Å²) in [6.07, 6.45) is 3.54. The van der Waals surface area contributed by atoms with Gasteiger partial charge in [-0.05, 0) is 5.19 Å². The van der Waals surface area contributed by atoms with E-state index in [1.165, 1.54) is 5.19 Å². The van der Waals surface area contributed by atoms with Crippen LogP contribution in [-0.2, 0) is 4.43 Å². The minimum Gasteiger partial charge on any atom is -0.409 e. The summed E-state index contributed by atoms with van der Waals surface area (Å²) in [5.74, 6) is 0. The Morgan fingerprint density at radius 1 is 1.15 bits per heavy atom. The van der Waals surface area contributed by atoms with Gasteiger partial charge in [0.1, 0.15) is 0 Å². The van der Waals surface area contributed by atoms with Crippen molar-refractivity contribution in [1.29, 1.82) is 0 Å². The first-order valence-corrected chi connectivity index (χ1v) is 5.56. The summed E-state index contributed by atoms with van der Waals surface area (Å²) in [5, 5.41) is 1.30. The van der Waals surface area contributed by atoms with Crippen molar-refractivity contribution >= 4 is 14.9 Å². The van der Waals surface area contributed by atoms with Gasteiger partial charge in [-0.3, -0.25) is 0 Å². The topological polar surface area (TPSA) is 9.23 Å². The van der Waals surface area contributed by atoms with Crippen molar-refractivity contribution in [3.63, 3.8) is 0 Å². The molecule has 0 heterocycles. The lowest BCUT2D eigenvalue weighted by Gasteiger charge is -2.08. The molecule has 0 N–H and O–H groups in total. The van der Waals surface area contributed by atoms with Gasteiger partial charge in [-0.2, -0.15) is 0 Å². The average Bonchev–Trinajstić information content (AvgIpc) is 2.21. The fourth-order valence-corrected chi connectivity index (χ4v) is 2.12. The molecule has 2 heteroatoms. The second-order valence-corrected chi connectivity index (χ2v) is 4.17. The van der Waals surface area contributed by atoms with Crippen LogP contribution >= 0.6 is 0 Å². The fraction of sp³-hybridized carbons (Fsp3) is 0.0909. The lowest BCUT2D eigenvalue weighted by Crippen LogP contribution is -2.21. The molecule has 0 saturated carbocycles. The van der Waals surface area contributed by atoms with E-state index in [4.69, 9.17) is 4.43 Å². The van der Waals surface area contributed by atoms with Crippen molar-refractivity contribution in [2.45, 2.75) is 6.10 Å². The van der Waals surface area contributed by atoms with Gasteiger partial charge >= 0.3 is 0 Å². The highest BCUT2D eigenvalue weighted by molar-refractivity contribution is 6.46. The van der Waals surface area contributed by atoms with Gasteiger partial charge in [0.2, 0.25) is 0 Å². The summed E-state index contributed by atoms with van der Waals surface area (Å²) >= 11 is 0. The Hall–Kier alpha value is -1.12. The van der Waals surface area contributed by atoms with Crippen LogP contribution in [0.4, 0.5) is 0 Å². The SMILES string of the molecule is C=CC(C=C)O[SiH2]c1ccccc1. The van der Waals surface area contributed by atoms with Gasteiger partial charge < -0.3 is 4.43 Å². The van der Waals surface area contributed by atoms with Gasteiger partial charge in [0.25, 0.3) is 0 Å². The summed E-state index contributed by atoms with van der Waals surface area (Å²) in [7, 11) is -0.623. The number of hydrogen-bond acceptors (Lipinski definition) is 1. The van der Waals surface area contributed by atoms with E-state index >= 15 is 0 Å². The second kappa shape index (κ2) is 5.51. The maximum Gasteiger partial charge on any atom is 0.193 e. The zero-order valence-electron chi connectivity index (χ0n) is 7.65. The van der Waals surface area contributed by atoms with E-state index in [9.17, 15) is 0 Å². The molecule has 1 aromatic carbocycles. The molecule has 68 valence electrons. The molecule has 1 aromatic rings. The maximum atomic E-state index is 5.63. The summed E-state index contributed by atoms with van der Waals surface area (Å²) in [6, 6.07) is 10.3. The lowest BCUT2D eigenvalue weighted by molar-refractivity contribution is 0.320. The molecule has 0 aliphatic heterocycles. The van der Waals surface area contributed by atoms with E-state index in [1.54, 1.807) is 12.2 Å². The van der Waals surface area contributed by atoms with E-state index < -0.39 is 9.76 Å².